The summed E-state index contributed by atoms with van der Waals surface area (Å²) in [5.41, 5.74) is 8.54. The molecule has 0 unspecified atom stereocenters. The van der Waals surface area contributed by atoms with E-state index in [2.05, 4.69) is 9.97 Å². The van der Waals surface area contributed by atoms with E-state index in [1.807, 2.05) is 0 Å². The van der Waals surface area contributed by atoms with Crippen LogP contribution in [-0.2, 0) is 15.6 Å². The molecule has 8 heteroatoms. The smallest absolute Gasteiger partial charge is 0.210 e. The molecule has 0 aliphatic heterocycles. The number of hydrogen-bond donors (Lipinski definition) is 1. The van der Waals surface area contributed by atoms with Crippen molar-refractivity contribution >= 4 is 48.4 Å². The van der Waals surface area contributed by atoms with Crippen LogP contribution in [0.25, 0.3) is 10.2 Å². The maximum atomic E-state index is 12.2. The van der Waals surface area contributed by atoms with Crippen molar-refractivity contribution < 1.29 is 8.42 Å². The lowest BCUT2D eigenvalue weighted by Crippen LogP contribution is -2.03. The highest BCUT2D eigenvalue weighted by Gasteiger charge is 2.21. The fourth-order valence-corrected chi connectivity index (χ4v) is 5.24. The number of fused-ring (bicyclic) bond motifs is 1. The maximum absolute atomic E-state index is 12.2. The number of hydrogen-bond acceptors (Lipinski definition) is 7. The van der Waals surface area contributed by atoms with E-state index in [9.17, 15) is 8.42 Å². The third-order valence-corrected chi connectivity index (χ3v) is 6.58. The number of anilines is 1. The second-order valence-electron chi connectivity index (χ2n) is 3.93. The molecule has 0 saturated heterocycles. The molecule has 0 bridgehead atoms. The molecule has 5 nitrogen and oxygen atoms in total. The Kier molecular flexibility index (Phi) is 3.00. The van der Waals surface area contributed by atoms with Gasteiger partial charge in [0.2, 0.25) is 14.2 Å². The van der Waals surface area contributed by atoms with Gasteiger partial charge in [-0.25, -0.2) is 13.4 Å². The molecule has 2 N–H and O–H groups in total. The second kappa shape index (κ2) is 4.55. The quantitative estimate of drug-likeness (QED) is 0.750. The van der Waals surface area contributed by atoms with Crippen molar-refractivity contribution in [3.8, 4) is 0 Å². The molecule has 0 saturated carbocycles. The minimum atomic E-state index is -3.42. The molecular weight excluding hydrogens is 302 g/mol. The van der Waals surface area contributed by atoms with Crippen LogP contribution >= 0.6 is 22.7 Å². The van der Waals surface area contributed by atoms with Crippen molar-refractivity contribution in [3.05, 3.63) is 34.8 Å². The van der Waals surface area contributed by atoms with Crippen LogP contribution in [0.1, 0.15) is 4.88 Å². The first-order chi connectivity index (χ1) is 9.04. The molecule has 0 amide bonds. The predicted molar refractivity (Wildman–Crippen MR) is 77.0 cm³/mol. The van der Waals surface area contributed by atoms with E-state index in [1.165, 1.54) is 11.3 Å². The summed E-state index contributed by atoms with van der Waals surface area (Å²) in [6.07, 6.45) is 1.56. The molecule has 0 atom stereocenters. The predicted octanol–water partition coefficient (Wildman–Crippen LogP) is 2.31. The van der Waals surface area contributed by atoms with Crippen molar-refractivity contribution in [2.75, 3.05) is 5.73 Å². The van der Waals surface area contributed by atoms with Gasteiger partial charge in [0, 0.05) is 16.8 Å². The average molecular weight is 311 g/mol. The first-order valence-electron chi connectivity index (χ1n) is 5.31. The van der Waals surface area contributed by atoms with Gasteiger partial charge < -0.3 is 5.73 Å². The van der Waals surface area contributed by atoms with Crippen LogP contribution in [-0.4, -0.2) is 18.4 Å². The number of sulfone groups is 1. The van der Waals surface area contributed by atoms with Crippen molar-refractivity contribution in [1.82, 2.24) is 9.97 Å². The number of rotatable bonds is 3. The highest BCUT2D eigenvalue weighted by molar-refractivity contribution is 7.92. The molecule has 0 fully saturated rings. The number of nitrogens with two attached hydrogens (primary N) is 1. The fourth-order valence-electron chi connectivity index (χ4n) is 1.62. The Balaban J connectivity index is 2.03. The lowest BCUT2D eigenvalue weighted by Gasteiger charge is -1.96. The van der Waals surface area contributed by atoms with Crippen LogP contribution in [0.4, 0.5) is 5.69 Å². The Morgan fingerprint density at radius 3 is 2.89 bits per heavy atom. The Hall–Kier alpha value is -1.51. The Morgan fingerprint density at radius 1 is 1.32 bits per heavy atom. The molecule has 2 heterocycles. The number of nitrogen functional groups attached to an aromatic ring is 1. The highest BCUT2D eigenvalue weighted by Crippen LogP contribution is 2.29. The van der Waals surface area contributed by atoms with Crippen LogP contribution in [0, 0.1) is 0 Å². The van der Waals surface area contributed by atoms with E-state index >= 15 is 0 Å². The lowest BCUT2D eigenvalue weighted by molar-refractivity contribution is 0.595. The lowest BCUT2D eigenvalue weighted by atomic mass is 10.3. The number of aromatic nitrogens is 2. The summed E-state index contributed by atoms with van der Waals surface area (Å²) < 4.78 is 25.4. The largest absolute Gasteiger partial charge is 0.399 e. The number of benzene rings is 1. The van der Waals surface area contributed by atoms with Gasteiger partial charge in [-0.05, 0) is 18.2 Å². The van der Waals surface area contributed by atoms with Gasteiger partial charge in [0.15, 0.2) is 0 Å². The van der Waals surface area contributed by atoms with Crippen LogP contribution in [0.15, 0.2) is 34.2 Å². The summed E-state index contributed by atoms with van der Waals surface area (Å²) in [7, 11) is -3.42. The van der Waals surface area contributed by atoms with Gasteiger partial charge >= 0.3 is 0 Å². The van der Waals surface area contributed by atoms with E-state index in [-0.39, 0.29) is 10.1 Å². The van der Waals surface area contributed by atoms with Crippen molar-refractivity contribution in [2.45, 2.75) is 10.1 Å². The zero-order valence-electron chi connectivity index (χ0n) is 9.61. The van der Waals surface area contributed by atoms with Crippen LogP contribution < -0.4 is 5.73 Å². The molecule has 0 aliphatic rings. The van der Waals surface area contributed by atoms with E-state index in [0.29, 0.717) is 16.1 Å². The van der Waals surface area contributed by atoms with Crippen molar-refractivity contribution in [3.63, 3.8) is 0 Å². The van der Waals surface area contributed by atoms with Crippen molar-refractivity contribution in [1.29, 1.82) is 0 Å². The zero-order chi connectivity index (χ0) is 13.5. The van der Waals surface area contributed by atoms with Crippen LogP contribution in [0.5, 0.6) is 0 Å². The first-order valence-corrected chi connectivity index (χ1v) is 8.66. The Bertz CT molecular complexity index is 822. The molecule has 0 aliphatic carbocycles. The van der Waals surface area contributed by atoms with Gasteiger partial charge in [0.25, 0.3) is 0 Å². The summed E-state index contributed by atoms with van der Waals surface area (Å²) >= 11 is 2.47. The normalized spacial score (nSPS) is 12.0. The summed E-state index contributed by atoms with van der Waals surface area (Å²) in [6, 6.07) is 5.17. The minimum absolute atomic E-state index is 0.0625. The number of thiazole rings is 2. The number of nitrogens with zero attached hydrogens (tertiary/aromatic N) is 2. The first kappa shape index (κ1) is 12.5. The van der Waals surface area contributed by atoms with Gasteiger partial charge in [-0.3, -0.25) is 4.98 Å². The average Bonchev–Trinajstić information content (AvgIpc) is 2.96. The summed E-state index contributed by atoms with van der Waals surface area (Å²) in [4.78, 5) is 8.75. The SMILES string of the molecule is Nc1ccc2nc(S(=O)(=O)Cc3cncs3)sc2c1. The third-order valence-electron chi connectivity index (χ3n) is 2.47. The molecule has 3 aromatic rings. The monoisotopic (exact) mass is 311 g/mol. The Labute approximate surface area is 117 Å². The summed E-state index contributed by atoms with van der Waals surface area (Å²) in [5, 5.41) is 0. The molecule has 2 aromatic heterocycles. The highest BCUT2D eigenvalue weighted by atomic mass is 32.2. The van der Waals surface area contributed by atoms with Gasteiger partial charge in [-0.1, -0.05) is 0 Å². The molecule has 0 radical (unpaired) electrons. The standard InChI is InChI=1S/C11H9N3O2S3/c12-7-1-2-9-10(3-7)18-11(14-9)19(15,16)5-8-4-13-6-17-8/h1-4,6H,5,12H2. The van der Waals surface area contributed by atoms with E-state index in [4.69, 9.17) is 5.73 Å². The fraction of sp³-hybridized carbons (Fsp3) is 0.0909. The second-order valence-corrected chi connectivity index (χ2v) is 8.10. The molecule has 3 rings (SSSR count). The van der Waals surface area contributed by atoms with Crippen molar-refractivity contribution in [2.24, 2.45) is 0 Å². The Morgan fingerprint density at radius 2 is 2.16 bits per heavy atom. The van der Waals surface area contributed by atoms with Crippen LogP contribution in [0.3, 0.4) is 0 Å². The van der Waals surface area contributed by atoms with E-state index < -0.39 is 9.84 Å². The molecule has 98 valence electrons. The van der Waals surface area contributed by atoms with E-state index in [1.54, 1.807) is 29.9 Å². The molecule has 19 heavy (non-hydrogen) atoms. The van der Waals surface area contributed by atoms with Gasteiger partial charge in [-0.15, -0.1) is 22.7 Å². The van der Waals surface area contributed by atoms with E-state index in [0.717, 1.165) is 16.0 Å². The van der Waals surface area contributed by atoms with Gasteiger partial charge in [-0.2, -0.15) is 0 Å². The summed E-state index contributed by atoms with van der Waals surface area (Å²) in [6.45, 7) is 0. The molecular formula is C11H9N3O2S3. The zero-order valence-corrected chi connectivity index (χ0v) is 12.1. The summed E-state index contributed by atoms with van der Waals surface area (Å²) in [5.74, 6) is -0.0625. The van der Waals surface area contributed by atoms with Gasteiger partial charge in [0.05, 0.1) is 21.5 Å². The topological polar surface area (TPSA) is 85.9 Å². The third kappa shape index (κ3) is 2.46. The van der Waals surface area contributed by atoms with Crippen LogP contribution in [0.2, 0.25) is 0 Å². The van der Waals surface area contributed by atoms with Gasteiger partial charge in [0.1, 0.15) is 0 Å². The molecule has 0 spiro atoms. The molecule has 1 aromatic carbocycles. The maximum Gasteiger partial charge on any atom is 0.210 e. The minimum Gasteiger partial charge on any atom is -0.399 e.